The molecule has 6 nitrogen and oxygen atoms in total. The molecule has 0 saturated carbocycles. The van der Waals surface area contributed by atoms with E-state index in [-0.39, 0.29) is 23.2 Å². The minimum Gasteiger partial charge on any atom is -0.348 e. The minimum atomic E-state index is -3.12. The van der Waals surface area contributed by atoms with Crippen LogP contribution in [0.3, 0.4) is 0 Å². The van der Waals surface area contributed by atoms with Gasteiger partial charge < -0.3 is 5.32 Å². The Hall–Kier alpha value is -2.94. The number of amides is 1. The van der Waals surface area contributed by atoms with Crippen LogP contribution in [0.2, 0.25) is 10.0 Å². The highest BCUT2D eigenvalue weighted by molar-refractivity contribution is 7.91. The molecule has 0 unspecified atom stereocenters. The zero-order valence-corrected chi connectivity index (χ0v) is 20.0. The van der Waals surface area contributed by atoms with Gasteiger partial charge in [0.05, 0.1) is 32.8 Å². The smallest absolute Gasteiger partial charge is 0.251 e. The zero-order valence-electron chi connectivity index (χ0n) is 17.6. The average Bonchev–Trinajstić information content (AvgIpc) is 3.35. The summed E-state index contributed by atoms with van der Waals surface area (Å²) in [5.41, 5.74) is 2.72. The van der Waals surface area contributed by atoms with Crippen LogP contribution in [0.25, 0.3) is 27.8 Å². The fourth-order valence-electron chi connectivity index (χ4n) is 4.10. The summed E-state index contributed by atoms with van der Waals surface area (Å²) in [6, 6.07) is 15.7. The maximum Gasteiger partial charge on any atom is 0.251 e. The second-order valence-corrected chi connectivity index (χ2v) is 11.2. The van der Waals surface area contributed by atoms with Crippen LogP contribution in [0.1, 0.15) is 16.8 Å². The van der Waals surface area contributed by atoms with E-state index in [2.05, 4.69) is 5.32 Å². The number of hydrogen-bond donors (Lipinski definition) is 1. The number of hydrogen-bond acceptors (Lipinski definition) is 4. The molecule has 4 aromatic rings. The molecular weight excluding hydrogens is 500 g/mol. The van der Waals surface area contributed by atoms with Gasteiger partial charge in [0.1, 0.15) is 11.5 Å². The van der Waals surface area contributed by atoms with E-state index in [1.807, 2.05) is 0 Å². The van der Waals surface area contributed by atoms with Crippen molar-refractivity contribution >= 4 is 49.8 Å². The number of aromatic nitrogens is 2. The van der Waals surface area contributed by atoms with Gasteiger partial charge in [-0.05, 0) is 55.0 Å². The summed E-state index contributed by atoms with van der Waals surface area (Å²) in [6.07, 6.45) is 0.390. The van der Waals surface area contributed by atoms with E-state index < -0.39 is 15.9 Å². The first-order valence-electron chi connectivity index (χ1n) is 10.5. The number of benzene rings is 3. The van der Waals surface area contributed by atoms with Crippen molar-refractivity contribution in [2.45, 2.75) is 12.5 Å². The zero-order chi connectivity index (χ0) is 24.0. The summed E-state index contributed by atoms with van der Waals surface area (Å²) in [5, 5.41) is 8.97. The van der Waals surface area contributed by atoms with Crippen molar-refractivity contribution < 1.29 is 17.6 Å². The molecule has 1 N–H and O–H groups in total. The van der Waals surface area contributed by atoms with Gasteiger partial charge in [0.15, 0.2) is 9.84 Å². The lowest BCUT2D eigenvalue weighted by molar-refractivity contribution is 0.0941. The van der Waals surface area contributed by atoms with Gasteiger partial charge in [-0.2, -0.15) is 5.10 Å². The Balaban J connectivity index is 1.62. The van der Waals surface area contributed by atoms with Gasteiger partial charge in [0, 0.05) is 22.6 Å². The van der Waals surface area contributed by atoms with E-state index in [1.54, 1.807) is 53.2 Å². The summed E-state index contributed by atoms with van der Waals surface area (Å²) in [5.74, 6) is -0.757. The van der Waals surface area contributed by atoms with Crippen LogP contribution in [0, 0.1) is 5.82 Å². The molecule has 3 aromatic carbocycles. The van der Waals surface area contributed by atoms with Crippen molar-refractivity contribution in [3.8, 4) is 16.9 Å². The highest BCUT2D eigenvalue weighted by Crippen LogP contribution is 2.37. The Morgan fingerprint density at radius 3 is 2.56 bits per heavy atom. The molecule has 1 saturated heterocycles. The predicted octanol–water partition coefficient (Wildman–Crippen LogP) is 5.06. The van der Waals surface area contributed by atoms with Crippen molar-refractivity contribution in [3.05, 3.63) is 82.1 Å². The van der Waals surface area contributed by atoms with Crippen LogP contribution in [0.5, 0.6) is 0 Å². The number of carbonyl (C=O) groups is 1. The SMILES string of the molecule is O=C(N[C@@H]1CCS(=O)(=O)C1)c1ccc2c(-c3cccc(Cl)c3Cl)nn(-c3ccc(F)cc3)c2c1. The molecule has 1 aromatic heterocycles. The first-order valence-corrected chi connectivity index (χ1v) is 13.0. The molecule has 0 bridgehead atoms. The molecule has 0 spiro atoms. The quantitative estimate of drug-likeness (QED) is 0.410. The molecule has 1 aliphatic rings. The molecular formula is C24H18Cl2FN3O3S. The maximum atomic E-state index is 13.5. The van der Waals surface area contributed by atoms with Gasteiger partial charge in [-0.25, -0.2) is 17.5 Å². The second kappa shape index (κ2) is 8.69. The molecule has 10 heteroatoms. The number of nitrogens with zero attached hydrogens (tertiary/aromatic N) is 2. The third kappa shape index (κ3) is 4.29. The molecule has 1 atom stereocenters. The Kier molecular flexibility index (Phi) is 5.83. The summed E-state index contributed by atoms with van der Waals surface area (Å²) in [4.78, 5) is 12.9. The third-order valence-electron chi connectivity index (χ3n) is 5.79. The van der Waals surface area contributed by atoms with Crippen LogP contribution >= 0.6 is 23.2 Å². The number of rotatable bonds is 4. The van der Waals surface area contributed by atoms with Gasteiger partial charge in [-0.3, -0.25) is 4.79 Å². The molecule has 1 aliphatic heterocycles. The standard InChI is InChI=1S/C24H18Cl2FN3O3S/c25-20-3-1-2-19(22(20)26)23-18-9-4-14(24(31)28-16-10-11-34(32,33)13-16)12-21(18)30(29-23)17-7-5-15(27)6-8-17/h1-9,12,16H,10-11,13H2,(H,28,31)/t16-/m1/s1. The van der Waals surface area contributed by atoms with Gasteiger partial charge in [-0.15, -0.1) is 0 Å². The second-order valence-electron chi connectivity index (χ2n) is 8.14. The number of sulfone groups is 1. The largest absolute Gasteiger partial charge is 0.348 e. The van der Waals surface area contributed by atoms with Crippen LogP contribution < -0.4 is 5.32 Å². The number of halogens is 3. The van der Waals surface area contributed by atoms with Gasteiger partial charge in [0.2, 0.25) is 0 Å². The molecule has 34 heavy (non-hydrogen) atoms. The molecule has 0 radical (unpaired) electrons. The van der Waals surface area contributed by atoms with E-state index in [4.69, 9.17) is 28.3 Å². The molecule has 174 valence electrons. The molecule has 1 amide bonds. The van der Waals surface area contributed by atoms with Crippen molar-refractivity contribution in [3.63, 3.8) is 0 Å². The molecule has 0 aliphatic carbocycles. The maximum absolute atomic E-state index is 13.5. The van der Waals surface area contributed by atoms with Crippen LogP contribution in [-0.4, -0.2) is 41.7 Å². The summed E-state index contributed by atoms with van der Waals surface area (Å²) >= 11 is 12.7. The Bertz CT molecular complexity index is 1540. The monoisotopic (exact) mass is 517 g/mol. The Labute approximate surface area is 205 Å². The summed E-state index contributed by atoms with van der Waals surface area (Å²) < 4.78 is 38.6. The average molecular weight is 518 g/mol. The lowest BCUT2D eigenvalue weighted by Gasteiger charge is -2.11. The van der Waals surface area contributed by atoms with Crippen LogP contribution in [0.15, 0.2) is 60.7 Å². The minimum absolute atomic E-state index is 0.0636. The van der Waals surface area contributed by atoms with E-state index in [0.717, 1.165) is 0 Å². The van der Waals surface area contributed by atoms with Crippen molar-refractivity contribution in [1.29, 1.82) is 0 Å². The molecule has 1 fully saturated rings. The van der Waals surface area contributed by atoms with Crippen LogP contribution in [-0.2, 0) is 9.84 Å². The van der Waals surface area contributed by atoms with Gasteiger partial charge in [-0.1, -0.05) is 35.3 Å². The normalized spacial score (nSPS) is 17.2. The number of carbonyl (C=O) groups excluding carboxylic acids is 1. The number of fused-ring (bicyclic) bond motifs is 1. The molecule has 2 heterocycles. The van der Waals surface area contributed by atoms with Crippen molar-refractivity contribution in [2.75, 3.05) is 11.5 Å². The highest BCUT2D eigenvalue weighted by atomic mass is 35.5. The highest BCUT2D eigenvalue weighted by Gasteiger charge is 2.29. The molecule has 5 rings (SSSR count). The first kappa shape index (κ1) is 22.8. The van der Waals surface area contributed by atoms with Crippen molar-refractivity contribution in [2.24, 2.45) is 0 Å². The van der Waals surface area contributed by atoms with E-state index >= 15 is 0 Å². The summed E-state index contributed by atoms with van der Waals surface area (Å²) in [6.45, 7) is 0. The lowest BCUT2D eigenvalue weighted by Crippen LogP contribution is -2.35. The fraction of sp³-hybridized carbons (Fsp3) is 0.167. The Morgan fingerprint density at radius 2 is 1.85 bits per heavy atom. The van der Waals surface area contributed by atoms with E-state index in [0.29, 0.717) is 49.9 Å². The predicted molar refractivity (Wildman–Crippen MR) is 131 cm³/mol. The summed E-state index contributed by atoms with van der Waals surface area (Å²) in [7, 11) is -3.12. The topological polar surface area (TPSA) is 81.1 Å². The number of nitrogens with one attached hydrogen (secondary N) is 1. The Morgan fingerprint density at radius 1 is 1.09 bits per heavy atom. The fourth-order valence-corrected chi connectivity index (χ4v) is 6.16. The lowest BCUT2D eigenvalue weighted by atomic mass is 10.1. The van der Waals surface area contributed by atoms with Gasteiger partial charge in [0.25, 0.3) is 5.91 Å². The van der Waals surface area contributed by atoms with Gasteiger partial charge >= 0.3 is 0 Å². The first-order chi connectivity index (χ1) is 16.2. The van der Waals surface area contributed by atoms with E-state index in [9.17, 15) is 17.6 Å². The van der Waals surface area contributed by atoms with Crippen molar-refractivity contribution in [1.82, 2.24) is 15.1 Å². The van der Waals surface area contributed by atoms with E-state index in [1.165, 1.54) is 12.1 Å². The third-order valence-corrected chi connectivity index (χ3v) is 8.38. The van der Waals surface area contributed by atoms with Crippen LogP contribution in [0.4, 0.5) is 4.39 Å².